The van der Waals surface area contributed by atoms with E-state index in [4.69, 9.17) is 0 Å². The Morgan fingerprint density at radius 1 is 1.17 bits per heavy atom. The van der Waals surface area contributed by atoms with Crippen LogP contribution in [0.15, 0.2) is 58.4 Å². The van der Waals surface area contributed by atoms with Crippen molar-refractivity contribution in [2.45, 2.75) is 5.16 Å². The first-order valence-corrected chi connectivity index (χ1v) is 8.37. The minimum atomic E-state index is -0.133. The molecule has 0 bridgehead atoms. The molecule has 0 fully saturated rings. The van der Waals surface area contributed by atoms with E-state index in [1.165, 1.54) is 11.8 Å². The maximum Gasteiger partial charge on any atom is 0.234 e. The van der Waals surface area contributed by atoms with Crippen molar-refractivity contribution >= 4 is 39.3 Å². The van der Waals surface area contributed by atoms with Crippen molar-refractivity contribution in [3.8, 4) is 5.69 Å². The Kier molecular flexibility index (Phi) is 4.99. The zero-order chi connectivity index (χ0) is 16.1. The predicted octanol–water partition coefficient (Wildman–Crippen LogP) is 2.55. The molecule has 0 spiro atoms. The first kappa shape index (κ1) is 15.6. The molecule has 7 nitrogen and oxygen atoms in total. The van der Waals surface area contributed by atoms with E-state index in [0.717, 1.165) is 10.2 Å². The molecule has 3 rings (SSSR count). The van der Waals surface area contributed by atoms with Crippen molar-refractivity contribution in [2.24, 2.45) is 0 Å². The van der Waals surface area contributed by atoms with Crippen LogP contribution in [0.5, 0.6) is 0 Å². The van der Waals surface area contributed by atoms with Gasteiger partial charge in [-0.15, -0.1) is 5.10 Å². The highest BCUT2D eigenvalue weighted by Crippen LogP contribution is 2.20. The number of amides is 1. The van der Waals surface area contributed by atoms with Gasteiger partial charge in [0, 0.05) is 22.6 Å². The van der Waals surface area contributed by atoms with E-state index < -0.39 is 0 Å². The smallest absolute Gasteiger partial charge is 0.234 e. The normalized spacial score (nSPS) is 10.5. The Hall–Kier alpha value is -2.26. The Morgan fingerprint density at radius 2 is 1.91 bits per heavy atom. The number of hydrogen-bond donors (Lipinski definition) is 1. The molecule has 3 aromatic rings. The van der Waals surface area contributed by atoms with E-state index in [2.05, 4.69) is 41.8 Å². The second-order valence-electron chi connectivity index (χ2n) is 4.42. The molecule has 0 unspecified atom stereocenters. The van der Waals surface area contributed by atoms with Gasteiger partial charge >= 0.3 is 0 Å². The van der Waals surface area contributed by atoms with E-state index in [9.17, 15) is 4.79 Å². The number of tetrazole rings is 1. The van der Waals surface area contributed by atoms with E-state index in [0.29, 0.717) is 10.8 Å². The first-order chi connectivity index (χ1) is 11.2. The molecule has 0 saturated heterocycles. The van der Waals surface area contributed by atoms with Gasteiger partial charge in [-0.1, -0.05) is 27.7 Å². The highest BCUT2D eigenvalue weighted by Gasteiger charge is 2.11. The van der Waals surface area contributed by atoms with Crippen LogP contribution in [0, 0.1) is 0 Å². The number of nitrogens with one attached hydrogen (secondary N) is 1. The van der Waals surface area contributed by atoms with Crippen molar-refractivity contribution < 1.29 is 4.79 Å². The van der Waals surface area contributed by atoms with Crippen molar-refractivity contribution in [2.75, 3.05) is 11.1 Å². The topological polar surface area (TPSA) is 85.6 Å². The molecule has 1 aromatic carbocycles. The van der Waals surface area contributed by atoms with E-state index in [1.807, 2.05) is 24.3 Å². The number of rotatable bonds is 5. The number of pyridine rings is 1. The van der Waals surface area contributed by atoms with Gasteiger partial charge in [0.1, 0.15) is 0 Å². The number of halogens is 1. The molecular weight excluding hydrogens is 380 g/mol. The van der Waals surface area contributed by atoms with Crippen LogP contribution in [-0.2, 0) is 4.79 Å². The van der Waals surface area contributed by atoms with Crippen LogP contribution in [0.2, 0.25) is 0 Å². The summed E-state index contributed by atoms with van der Waals surface area (Å²) in [6.45, 7) is 0. The summed E-state index contributed by atoms with van der Waals surface area (Å²) in [5.74, 6) is 0.0747. The molecule has 1 amide bonds. The number of benzene rings is 1. The monoisotopic (exact) mass is 390 g/mol. The average Bonchev–Trinajstić information content (AvgIpc) is 3.03. The standard InChI is InChI=1S/C14H11BrN6OS/c15-10-1-3-12(4-2-10)21-14(18-19-20-21)23-9-13(22)17-11-5-7-16-8-6-11/h1-8H,9H2,(H,16,17,22). The Morgan fingerprint density at radius 3 is 2.65 bits per heavy atom. The highest BCUT2D eigenvalue weighted by atomic mass is 79.9. The summed E-state index contributed by atoms with van der Waals surface area (Å²) in [5, 5.41) is 14.9. The summed E-state index contributed by atoms with van der Waals surface area (Å²) >= 11 is 4.65. The fraction of sp³-hybridized carbons (Fsp3) is 0.0714. The molecule has 9 heteroatoms. The van der Waals surface area contributed by atoms with Gasteiger partial charge in [-0.25, -0.2) is 0 Å². The third kappa shape index (κ3) is 4.14. The van der Waals surface area contributed by atoms with Crippen molar-refractivity contribution in [3.05, 3.63) is 53.3 Å². The largest absolute Gasteiger partial charge is 0.325 e. The molecule has 0 aliphatic heterocycles. The first-order valence-electron chi connectivity index (χ1n) is 6.59. The lowest BCUT2D eigenvalue weighted by Crippen LogP contribution is -2.14. The molecule has 0 atom stereocenters. The van der Waals surface area contributed by atoms with Crippen LogP contribution in [0.4, 0.5) is 5.69 Å². The van der Waals surface area contributed by atoms with Gasteiger partial charge in [0.25, 0.3) is 0 Å². The van der Waals surface area contributed by atoms with E-state index in [1.54, 1.807) is 29.2 Å². The van der Waals surface area contributed by atoms with Crippen LogP contribution in [0.1, 0.15) is 0 Å². The van der Waals surface area contributed by atoms with Gasteiger partial charge in [0.05, 0.1) is 11.4 Å². The van der Waals surface area contributed by atoms with Crippen molar-refractivity contribution in [1.29, 1.82) is 0 Å². The van der Waals surface area contributed by atoms with E-state index >= 15 is 0 Å². The van der Waals surface area contributed by atoms with Crippen LogP contribution in [0.25, 0.3) is 5.69 Å². The summed E-state index contributed by atoms with van der Waals surface area (Å²) in [7, 11) is 0. The van der Waals surface area contributed by atoms with Gasteiger partial charge in [-0.05, 0) is 46.8 Å². The minimum Gasteiger partial charge on any atom is -0.325 e. The third-order valence-electron chi connectivity index (χ3n) is 2.81. The molecule has 0 aliphatic rings. The molecule has 1 N–H and O–H groups in total. The number of anilines is 1. The third-order valence-corrected chi connectivity index (χ3v) is 4.26. The summed E-state index contributed by atoms with van der Waals surface area (Å²) in [4.78, 5) is 15.9. The molecule has 116 valence electrons. The second kappa shape index (κ2) is 7.34. The zero-order valence-corrected chi connectivity index (χ0v) is 14.2. The number of hydrogen-bond acceptors (Lipinski definition) is 6. The lowest BCUT2D eigenvalue weighted by atomic mass is 10.3. The number of carbonyl (C=O) groups is 1. The number of carbonyl (C=O) groups excluding carboxylic acids is 1. The van der Waals surface area contributed by atoms with Crippen molar-refractivity contribution in [1.82, 2.24) is 25.2 Å². The fourth-order valence-corrected chi connectivity index (χ4v) is 2.73. The Balaban J connectivity index is 1.64. The lowest BCUT2D eigenvalue weighted by molar-refractivity contribution is -0.113. The van der Waals surface area contributed by atoms with Crippen LogP contribution in [0.3, 0.4) is 0 Å². The number of nitrogens with zero attached hydrogens (tertiary/aromatic N) is 5. The number of aromatic nitrogens is 5. The highest BCUT2D eigenvalue weighted by molar-refractivity contribution is 9.10. The molecule has 23 heavy (non-hydrogen) atoms. The lowest BCUT2D eigenvalue weighted by Gasteiger charge is -2.05. The van der Waals surface area contributed by atoms with E-state index in [-0.39, 0.29) is 11.7 Å². The molecular formula is C14H11BrN6OS. The molecule has 0 aliphatic carbocycles. The van der Waals surface area contributed by atoms with Crippen molar-refractivity contribution in [3.63, 3.8) is 0 Å². The quantitative estimate of drug-likeness (QED) is 0.673. The summed E-state index contributed by atoms with van der Waals surface area (Å²) in [5.41, 5.74) is 1.54. The number of thioether (sulfide) groups is 1. The minimum absolute atomic E-state index is 0.133. The summed E-state index contributed by atoms with van der Waals surface area (Å²) in [6, 6.07) is 11.1. The van der Waals surface area contributed by atoms with Gasteiger partial charge in [-0.3, -0.25) is 9.78 Å². The zero-order valence-electron chi connectivity index (χ0n) is 11.8. The Bertz CT molecular complexity index is 793. The molecule has 0 saturated carbocycles. The van der Waals surface area contributed by atoms with Crippen LogP contribution in [-0.4, -0.2) is 36.9 Å². The maximum atomic E-state index is 12.0. The SMILES string of the molecule is O=C(CSc1nnnn1-c1ccc(Br)cc1)Nc1ccncc1. The Labute approximate surface area is 144 Å². The van der Waals surface area contributed by atoms with Gasteiger partial charge < -0.3 is 5.32 Å². The van der Waals surface area contributed by atoms with Crippen LogP contribution >= 0.6 is 27.7 Å². The predicted molar refractivity (Wildman–Crippen MR) is 90.4 cm³/mol. The van der Waals surface area contributed by atoms with Gasteiger partial charge in [0.2, 0.25) is 11.1 Å². The molecule has 2 heterocycles. The maximum absolute atomic E-state index is 12.0. The van der Waals surface area contributed by atoms with Crippen LogP contribution < -0.4 is 5.32 Å². The molecule has 2 aromatic heterocycles. The summed E-state index contributed by atoms with van der Waals surface area (Å²) < 4.78 is 2.57. The van der Waals surface area contributed by atoms with Gasteiger partial charge in [-0.2, -0.15) is 4.68 Å². The fourth-order valence-electron chi connectivity index (χ4n) is 1.78. The molecule has 0 radical (unpaired) electrons. The second-order valence-corrected chi connectivity index (χ2v) is 6.28. The summed E-state index contributed by atoms with van der Waals surface area (Å²) in [6.07, 6.45) is 3.24. The van der Waals surface area contributed by atoms with Gasteiger partial charge in [0.15, 0.2) is 0 Å². The average molecular weight is 391 g/mol.